The molecule has 1 atom stereocenters. The van der Waals surface area contributed by atoms with E-state index >= 15 is 0 Å². The summed E-state index contributed by atoms with van der Waals surface area (Å²) in [5, 5.41) is 8.98. The monoisotopic (exact) mass is 277 g/mol. The topological polar surface area (TPSA) is 42.4 Å². The average Bonchev–Trinajstić information content (AvgIpc) is 2.17. The lowest BCUT2D eigenvalue weighted by Crippen LogP contribution is -2.10. The van der Waals surface area contributed by atoms with Gasteiger partial charge in [0.15, 0.2) is 0 Å². The Bertz CT molecular complexity index is 309. The zero-order valence-corrected chi connectivity index (χ0v) is 10.7. The number of pyridine rings is 1. The van der Waals surface area contributed by atoms with E-state index in [2.05, 4.69) is 20.9 Å². The molecule has 0 bridgehead atoms. The summed E-state index contributed by atoms with van der Waals surface area (Å²) in [6, 6.07) is 3.74. The summed E-state index contributed by atoms with van der Waals surface area (Å²) in [5.74, 6) is 0. The van der Waals surface area contributed by atoms with Gasteiger partial charge in [0.1, 0.15) is 0 Å². The third kappa shape index (κ3) is 3.28. The highest BCUT2D eigenvalue weighted by atomic mass is 79.9. The van der Waals surface area contributed by atoms with Crippen LogP contribution >= 0.6 is 24.1 Å². The molecule has 1 unspecified atom stereocenters. The predicted molar refractivity (Wildman–Crippen MR) is 62.0 cm³/mol. The molecule has 78 valence electrons. The Hall–Kier alpha value is -0.0200. The van der Waals surface area contributed by atoms with Crippen molar-refractivity contribution in [2.24, 2.45) is 0 Å². The van der Waals surface area contributed by atoms with Gasteiger partial charge < -0.3 is 9.63 Å². The third-order valence-electron chi connectivity index (χ3n) is 1.64. The Morgan fingerprint density at radius 1 is 1.57 bits per heavy atom. The first-order valence-electron chi connectivity index (χ1n) is 4.31. The fourth-order valence-corrected chi connectivity index (χ4v) is 2.81. The summed E-state index contributed by atoms with van der Waals surface area (Å²) >= 11 is 3.38. The van der Waals surface area contributed by atoms with E-state index in [0.29, 0.717) is 12.3 Å². The highest BCUT2D eigenvalue weighted by molar-refractivity contribution is 9.10. The van der Waals surface area contributed by atoms with E-state index in [1.54, 1.807) is 6.07 Å². The van der Waals surface area contributed by atoms with Crippen LogP contribution in [-0.4, -0.2) is 23.4 Å². The molecule has 0 aliphatic carbocycles. The van der Waals surface area contributed by atoms with Crippen LogP contribution in [0.25, 0.3) is 0 Å². The molecule has 1 rings (SSSR count). The predicted octanol–water partition coefficient (Wildman–Crippen LogP) is 2.02. The Kier molecular flexibility index (Phi) is 4.96. The maximum Gasteiger partial charge on any atom is 0.0918 e. The van der Waals surface area contributed by atoms with Gasteiger partial charge in [0.25, 0.3) is 0 Å². The van der Waals surface area contributed by atoms with Gasteiger partial charge in [0.2, 0.25) is 0 Å². The number of aliphatic hydroxyl groups excluding tert-OH is 1. The second-order valence-electron chi connectivity index (χ2n) is 2.71. The van der Waals surface area contributed by atoms with Crippen molar-refractivity contribution in [2.45, 2.75) is 13.5 Å². The lowest BCUT2D eigenvalue weighted by Gasteiger charge is -2.11. The molecule has 0 aliphatic rings. The summed E-state index contributed by atoms with van der Waals surface area (Å²) in [4.78, 5) is 4.29. The molecule has 0 aromatic carbocycles. The molecule has 0 saturated carbocycles. The molecule has 0 radical (unpaired) electrons. The van der Waals surface area contributed by atoms with Gasteiger partial charge in [0.05, 0.1) is 25.9 Å². The number of nitrogens with zero attached hydrogens (tertiary/aromatic N) is 1. The number of aromatic nitrogens is 1. The highest BCUT2D eigenvalue weighted by Gasteiger charge is 2.08. The number of hydrogen-bond acceptors (Lipinski definition) is 3. The maximum absolute atomic E-state index is 8.98. The molecule has 1 heterocycles. The van der Waals surface area contributed by atoms with Crippen molar-refractivity contribution in [3.63, 3.8) is 0 Å². The molecule has 3 nitrogen and oxygen atoms in total. The van der Waals surface area contributed by atoms with Crippen molar-refractivity contribution in [1.82, 2.24) is 4.98 Å². The van der Waals surface area contributed by atoms with Crippen molar-refractivity contribution >= 4 is 29.5 Å². The summed E-state index contributed by atoms with van der Waals surface area (Å²) in [7, 11) is -0.666. The second kappa shape index (κ2) is 5.76. The quantitative estimate of drug-likeness (QED) is 0.857. The standard InChI is InChI=1S/C9H13BrNO2P/c1-3-13-14(2)9-5-7(10)4-8(6-12)11-9/h4-5,12H,3,6H2,1-2H3. The van der Waals surface area contributed by atoms with Gasteiger partial charge in [0, 0.05) is 11.1 Å². The van der Waals surface area contributed by atoms with Crippen LogP contribution in [0.3, 0.4) is 0 Å². The van der Waals surface area contributed by atoms with Gasteiger partial charge in [-0.2, -0.15) is 0 Å². The Labute approximate surface area is 93.5 Å². The zero-order valence-electron chi connectivity index (χ0n) is 8.20. The molecule has 1 aromatic heterocycles. The minimum Gasteiger partial charge on any atom is -0.390 e. The minimum absolute atomic E-state index is 0.0399. The van der Waals surface area contributed by atoms with Crippen molar-refractivity contribution in [3.05, 3.63) is 22.3 Å². The van der Waals surface area contributed by atoms with Crippen LogP contribution in [0.15, 0.2) is 16.6 Å². The van der Waals surface area contributed by atoms with Gasteiger partial charge in [-0.15, -0.1) is 0 Å². The molecule has 0 aliphatic heterocycles. The van der Waals surface area contributed by atoms with E-state index in [4.69, 9.17) is 9.63 Å². The van der Waals surface area contributed by atoms with E-state index in [9.17, 15) is 0 Å². The van der Waals surface area contributed by atoms with E-state index in [-0.39, 0.29) is 6.61 Å². The summed E-state index contributed by atoms with van der Waals surface area (Å²) in [6.45, 7) is 4.62. The lowest BCUT2D eigenvalue weighted by molar-refractivity contribution is 0.277. The van der Waals surface area contributed by atoms with E-state index in [1.807, 2.05) is 19.7 Å². The van der Waals surface area contributed by atoms with E-state index in [1.165, 1.54) is 0 Å². The first-order chi connectivity index (χ1) is 6.67. The van der Waals surface area contributed by atoms with Crippen LogP contribution in [0.1, 0.15) is 12.6 Å². The van der Waals surface area contributed by atoms with Gasteiger partial charge in [-0.3, -0.25) is 0 Å². The number of hydrogen-bond donors (Lipinski definition) is 1. The smallest absolute Gasteiger partial charge is 0.0918 e. The molecular weight excluding hydrogens is 265 g/mol. The Morgan fingerprint density at radius 2 is 2.29 bits per heavy atom. The van der Waals surface area contributed by atoms with Crippen LogP contribution in [0.5, 0.6) is 0 Å². The fraction of sp³-hybridized carbons (Fsp3) is 0.444. The Balaban J connectivity index is 2.90. The van der Waals surface area contributed by atoms with Crippen LogP contribution < -0.4 is 5.44 Å². The van der Waals surface area contributed by atoms with Crippen molar-refractivity contribution in [2.75, 3.05) is 13.3 Å². The van der Waals surface area contributed by atoms with Gasteiger partial charge in [-0.1, -0.05) is 15.9 Å². The van der Waals surface area contributed by atoms with Gasteiger partial charge in [-0.25, -0.2) is 4.98 Å². The number of rotatable bonds is 4. The minimum atomic E-state index is -0.666. The maximum atomic E-state index is 8.98. The van der Waals surface area contributed by atoms with E-state index < -0.39 is 8.15 Å². The molecule has 0 spiro atoms. The molecule has 1 N–H and O–H groups in total. The lowest BCUT2D eigenvalue weighted by atomic mass is 10.4. The zero-order chi connectivity index (χ0) is 10.6. The van der Waals surface area contributed by atoms with Crippen LogP contribution in [-0.2, 0) is 11.1 Å². The average molecular weight is 278 g/mol. The van der Waals surface area contributed by atoms with Crippen molar-refractivity contribution in [3.8, 4) is 0 Å². The highest BCUT2D eigenvalue weighted by Crippen LogP contribution is 2.30. The molecule has 1 aromatic rings. The van der Waals surface area contributed by atoms with Crippen molar-refractivity contribution < 1.29 is 9.63 Å². The summed E-state index contributed by atoms with van der Waals surface area (Å²) in [5.41, 5.74) is 1.57. The normalized spacial score (nSPS) is 12.9. The molecule has 0 saturated heterocycles. The second-order valence-corrected chi connectivity index (χ2v) is 5.34. The van der Waals surface area contributed by atoms with Crippen LogP contribution in [0.2, 0.25) is 0 Å². The SMILES string of the molecule is CCOP(C)c1cc(Br)cc(CO)n1. The van der Waals surface area contributed by atoms with Crippen molar-refractivity contribution in [1.29, 1.82) is 0 Å². The molecule has 0 amide bonds. The first kappa shape index (κ1) is 12.1. The number of halogens is 1. The van der Waals surface area contributed by atoms with Gasteiger partial charge >= 0.3 is 0 Å². The van der Waals surface area contributed by atoms with Crippen LogP contribution in [0, 0.1) is 0 Å². The summed E-state index contributed by atoms with van der Waals surface area (Å²) < 4.78 is 6.41. The molecule has 14 heavy (non-hydrogen) atoms. The molecular formula is C9H13BrNO2P. The summed E-state index contributed by atoms with van der Waals surface area (Å²) in [6.07, 6.45) is 0. The first-order valence-corrected chi connectivity index (χ1v) is 6.81. The van der Waals surface area contributed by atoms with Crippen LogP contribution in [0.4, 0.5) is 0 Å². The number of aliphatic hydroxyl groups is 1. The molecule has 5 heteroatoms. The van der Waals surface area contributed by atoms with Gasteiger partial charge in [-0.05, 0) is 25.7 Å². The van der Waals surface area contributed by atoms with E-state index in [0.717, 1.165) is 9.91 Å². The fourth-order valence-electron chi connectivity index (χ4n) is 1.04. The largest absolute Gasteiger partial charge is 0.390 e. The Morgan fingerprint density at radius 3 is 2.86 bits per heavy atom. The molecule has 0 fully saturated rings. The third-order valence-corrected chi connectivity index (χ3v) is 3.61.